The Morgan fingerprint density at radius 2 is 2.11 bits per heavy atom. The zero-order valence-corrected chi connectivity index (χ0v) is 12.0. The average molecular weight is 286 g/mol. The van der Waals surface area contributed by atoms with E-state index < -0.39 is 15.9 Å². The Kier molecular flexibility index (Phi) is 5.31. The summed E-state index contributed by atoms with van der Waals surface area (Å²) in [6.07, 6.45) is 4.52. The van der Waals surface area contributed by atoms with Gasteiger partial charge in [0, 0.05) is 20.6 Å². The van der Waals surface area contributed by atoms with Crippen molar-refractivity contribution in [1.29, 1.82) is 0 Å². The van der Waals surface area contributed by atoms with Crippen LogP contribution in [0, 0.1) is 0 Å². The van der Waals surface area contributed by atoms with Crippen LogP contribution < -0.4 is 5.32 Å². The number of carbonyl (C=O) groups is 1. The number of nitrogens with zero attached hydrogens (tertiary/aromatic N) is 1. The lowest BCUT2D eigenvalue weighted by Crippen LogP contribution is -2.24. The maximum atomic E-state index is 11.8. The number of hydrogen-bond donors (Lipinski definition) is 1. The molecular formula is C12H18N2O4S. The quantitative estimate of drug-likeness (QED) is 0.630. The van der Waals surface area contributed by atoms with Crippen molar-refractivity contribution in [3.63, 3.8) is 0 Å². The first-order valence-electron chi connectivity index (χ1n) is 5.81. The zero-order chi connectivity index (χ0) is 14.5. The normalized spacial score (nSPS) is 12.2. The predicted octanol–water partition coefficient (Wildman–Crippen LogP) is 1.23. The van der Waals surface area contributed by atoms with Crippen molar-refractivity contribution in [3.8, 4) is 0 Å². The molecular weight excluding hydrogens is 268 g/mol. The molecule has 0 aliphatic rings. The topological polar surface area (TPSA) is 79.6 Å². The molecule has 1 aromatic rings. The molecule has 0 aromatic carbocycles. The van der Waals surface area contributed by atoms with E-state index in [0.717, 1.165) is 4.31 Å². The van der Waals surface area contributed by atoms with Crippen LogP contribution in [0.25, 0.3) is 0 Å². The molecule has 0 radical (unpaired) electrons. The summed E-state index contributed by atoms with van der Waals surface area (Å²) in [5.41, 5.74) is 0. The monoisotopic (exact) mass is 286 g/mol. The Bertz CT molecular complexity index is 558. The molecule has 0 aliphatic carbocycles. The Balaban J connectivity index is 2.72. The van der Waals surface area contributed by atoms with Gasteiger partial charge in [-0.05, 0) is 25.5 Å². The minimum atomic E-state index is -3.64. The van der Waals surface area contributed by atoms with Gasteiger partial charge in [-0.15, -0.1) is 0 Å². The van der Waals surface area contributed by atoms with E-state index in [0.29, 0.717) is 13.0 Å². The Hall–Kier alpha value is -1.60. The van der Waals surface area contributed by atoms with E-state index in [-0.39, 0.29) is 10.9 Å². The predicted molar refractivity (Wildman–Crippen MR) is 71.3 cm³/mol. The van der Waals surface area contributed by atoms with Gasteiger partial charge in [0.2, 0.25) is 5.09 Å². The lowest BCUT2D eigenvalue weighted by atomic mass is 10.3. The smallest absolute Gasteiger partial charge is 0.287 e. The van der Waals surface area contributed by atoms with Gasteiger partial charge >= 0.3 is 0 Å². The van der Waals surface area contributed by atoms with E-state index in [1.807, 2.05) is 19.1 Å². The van der Waals surface area contributed by atoms with Crippen molar-refractivity contribution in [1.82, 2.24) is 9.62 Å². The first kappa shape index (κ1) is 15.5. The van der Waals surface area contributed by atoms with Crippen LogP contribution in [0.2, 0.25) is 0 Å². The molecule has 106 valence electrons. The molecule has 19 heavy (non-hydrogen) atoms. The first-order chi connectivity index (χ1) is 8.89. The third-order valence-electron chi connectivity index (χ3n) is 2.37. The molecule has 0 unspecified atom stereocenters. The second-order valence-electron chi connectivity index (χ2n) is 4.02. The second-order valence-corrected chi connectivity index (χ2v) is 6.10. The van der Waals surface area contributed by atoms with Crippen LogP contribution in [0.15, 0.2) is 33.8 Å². The molecule has 1 amide bonds. The fraction of sp³-hybridized carbons (Fsp3) is 0.417. The molecule has 0 saturated carbocycles. The zero-order valence-electron chi connectivity index (χ0n) is 11.2. The summed E-state index contributed by atoms with van der Waals surface area (Å²) in [7, 11) is -0.848. The number of nitrogens with one attached hydrogen (secondary N) is 1. The van der Waals surface area contributed by atoms with Gasteiger partial charge < -0.3 is 9.73 Å². The molecule has 1 heterocycles. The third-order valence-corrected chi connectivity index (χ3v) is 4.06. The molecule has 1 N–H and O–H groups in total. The fourth-order valence-electron chi connectivity index (χ4n) is 1.28. The van der Waals surface area contributed by atoms with E-state index in [9.17, 15) is 13.2 Å². The third kappa shape index (κ3) is 3.93. The number of carbonyl (C=O) groups excluding carboxylic acids is 1. The maximum absolute atomic E-state index is 11.8. The van der Waals surface area contributed by atoms with Gasteiger partial charge in [-0.25, -0.2) is 12.7 Å². The number of furan rings is 1. The van der Waals surface area contributed by atoms with E-state index in [4.69, 9.17) is 4.42 Å². The summed E-state index contributed by atoms with van der Waals surface area (Å²) in [5.74, 6) is -0.439. The highest BCUT2D eigenvalue weighted by Crippen LogP contribution is 2.16. The number of amides is 1. The van der Waals surface area contributed by atoms with E-state index in [1.165, 1.54) is 26.2 Å². The van der Waals surface area contributed by atoms with Crippen molar-refractivity contribution in [2.24, 2.45) is 0 Å². The molecule has 1 rings (SSSR count). The Morgan fingerprint density at radius 3 is 2.68 bits per heavy atom. The van der Waals surface area contributed by atoms with E-state index in [1.54, 1.807) is 0 Å². The highest BCUT2D eigenvalue weighted by Gasteiger charge is 2.23. The van der Waals surface area contributed by atoms with E-state index >= 15 is 0 Å². The van der Waals surface area contributed by atoms with Gasteiger partial charge in [0.1, 0.15) is 0 Å². The van der Waals surface area contributed by atoms with Gasteiger partial charge in [-0.1, -0.05) is 12.2 Å². The summed E-state index contributed by atoms with van der Waals surface area (Å²) in [6.45, 7) is 2.37. The Morgan fingerprint density at radius 1 is 1.42 bits per heavy atom. The molecule has 0 bridgehead atoms. The van der Waals surface area contributed by atoms with Crippen molar-refractivity contribution >= 4 is 15.9 Å². The minimum absolute atomic E-state index is 0.0131. The second kappa shape index (κ2) is 6.53. The van der Waals surface area contributed by atoms with Crippen LogP contribution in [0.1, 0.15) is 23.9 Å². The van der Waals surface area contributed by atoms with Crippen LogP contribution in [-0.4, -0.2) is 39.3 Å². The molecule has 0 aliphatic heterocycles. The van der Waals surface area contributed by atoms with Gasteiger partial charge in [0.15, 0.2) is 5.76 Å². The maximum Gasteiger partial charge on any atom is 0.287 e. The molecule has 0 atom stereocenters. The van der Waals surface area contributed by atoms with Gasteiger partial charge in [0.05, 0.1) is 0 Å². The summed E-state index contributed by atoms with van der Waals surface area (Å²) < 4.78 is 29.6. The number of hydrogen-bond acceptors (Lipinski definition) is 4. The molecule has 1 aromatic heterocycles. The van der Waals surface area contributed by atoms with E-state index in [2.05, 4.69) is 5.32 Å². The van der Waals surface area contributed by atoms with Crippen molar-refractivity contribution in [2.75, 3.05) is 20.6 Å². The summed E-state index contributed by atoms with van der Waals surface area (Å²) in [4.78, 5) is 11.7. The highest BCUT2D eigenvalue weighted by molar-refractivity contribution is 7.88. The number of sulfonamides is 1. The SMILES string of the molecule is C/C=C/CCNC(=O)c1ccc(S(=O)(=O)N(C)C)o1. The van der Waals surface area contributed by atoms with Gasteiger partial charge in [0.25, 0.3) is 15.9 Å². The largest absolute Gasteiger partial charge is 0.438 e. The molecule has 0 saturated heterocycles. The number of allylic oxidation sites excluding steroid dienone is 1. The van der Waals surface area contributed by atoms with Gasteiger partial charge in [-0.2, -0.15) is 0 Å². The highest BCUT2D eigenvalue weighted by atomic mass is 32.2. The average Bonchev–Trinajstić information content (AvgIpc) is 2.84. The molecule has 0 spiro atoms. The first-order valence-corrected chi connectivity index (χ1v) is 7.25. The lowest BCUT2D eigenvalue weighted by molar-refractivity contribution is 0.0921. The summed E-state index contributed by atoms with van der Waals surface area (Å²) in [5, 5.41) is 2.40. The van der Waals surface area contributed by atoms with Crippen molar-refractivity contribution in [3.05, 3.63) is 30.0 Å². The van der Waals surface area contributed by atoms with Gasteiger partial charge in [-0.3, -0.25) is 4.79 Å². The Labute approximate surface area is 113 Å². The summed E-state index contributed by atoms with van der Waals surface area (Å²) >= 11 is 0. The van der Waals surface area contributed by atoms with Crippen LogP contribution in [0.3, 0.4) is 0 Å². The standard InChI is InChI=1S/C12H18N2O4S/c1-4-5-6-9-13-12(15)10-7-8-11(18-10)19(16,17)14(2)3/h4-5,7-8H,6,9H2,1-3H3,(H,13,15)/b5-4+. The molecule has 7 heteroatoms. The van der Waals surface area contributed by atoms with Crippen LogP contribution >= 0.6 is 0 Å². The van der Waals surface area contributed by atoms with Crippen LogP contribution in [0.5, 0.6) is 0 Å². The lowest BCUT2D eigenvalue weighted by Gasteiger charge is -2.07. The van der Waals surface area contributed by atoms with Crippen LogP contribution in [0.4, 0.5) is 0 Å². The minimum Gasteiger partial charge on any atom is -0.438 e. The number of rotatable bonds is 6. The fourth-order valence-corrected chi connectivity index (χ4v) is 2.08. The molecule has 0 fully saturated rings. The summed E-state index contributed by atoms with van der Waals surface area (Å²) in [6, 6.07) is 2.62. The van der Waals surface area contributed by atoms with Crippen molar-refractivity contribution in [2.45, 2.75) is 18.4 Å². The van der Waals surface area contributed by atoms with Crippen LogP contribution in [-0.2, 0) is 10.0 Å². The van der Waals surface area contributed by atoms with Crippen molar-refractivity contribution < 1.29 is 17.6 Å². The molecule has 6 nitrogen and oxygen atoms in total.